The largest absolute Gasteiger partial charge is 0.462 e. The fourth-order valence-electron chi connectivity index (χ4n) is 7.15. The Morgan fingerprint density at radius 1 is 0.975 bits per heavy atom. The van der Waals surface area contributed by atoms with Gasteiger partial charge in [-0.1, -0.05) is 30.3 Å². The molecule has 210 valence electrons. The van der Waals surface area contributed by atoms with Crippen molar-refractivity contribution in [1.82, 2.24) is 4.72 Å². The van der Waals surface area contributed by atoms with Crippen molar-refractivity contribution in [3.8, 4) is 10.4 Å². The Bertz CT molecular complexity index is 1480. The van der Waals surface area contributed by atoms with Crippen molar-refractivity contribution in [3.63, 3.8) is 0 Å². The molecule has 0 unspecified atom stereocenters. The lowest BCUT2D eigenvalue weighted by Crippen LogP contribution is -2.59. The third-order valence-electron chi connectivity index (χ3n) is 8.32. The van der Waals surface area contributed by atoms with E-state index in [-0.39, 0.29) is 22.2 Å². The zero-order chi connectivity index (χ0) is 27.9. The first-order valence-corrected chi connectivity index (χ1v) is 16.5. The molecule has 4 fully saturated rings. The first-order chi connectivity index (χ1) is 19.2. The van der Waals surface area contributed by atoms with Crippen LogP contribution in [0.4, 0.5) is 10.7 Å². The van der Waals surface area contributed by atoms with Gasteiger partial charge < -0.3 is 15.4 Å². The van der Waals surface area contributed by atoms with Gasteiger partial charge in [0.2, 0.25) is 10.0 Å². The Morgan fingerprint density at radius 2 is 1.60 bits per heavy atom. The summed E-state index contributed by atoms with van der Waals surface area (Å²) in [6.07, 6.45) is 6.65. The van der Waals surface area contributed by atoms with E-state index in [1.165, 1.54) is 30.6 Å². The number of thiocarbonyl (C=S) groups is 1. The molecule has 0 spiro atoms. The molecule has 0 atom stereocenters. The quantitative estimate of drug-likeness (QED) is 0.198. The normalized spacial score (nSPS) is 25.0. The Hall–Kier alpha value is -2.79. The van der Waals surface area contributed by atoms with Crippen molar-refractivity contribution in [2.24, 2.45) is 17.8 Å². The van der Waals surface area contributed by atoms with Gasteiger partial charge >= 0.3 is 5.97 Å². The average Bonchev–Trinajstić information content (AvgIpc) is 3.32. The van der Waals surface area contributed by atoms with Crippen LogP contribution in [-0.4, -0.2) is 31.6 Å². The topological polar surface area (TPSA) is 96.5 Å². The van der Waals surface area contributed by atoms with E-state index in [9.17, 15) is 13.2 Å². The number of carbonyl (C=O) groups excluding carboxylic acids is 1. The van der Waals surface area contributed by atoms with Gasteiger partial charge in [0, 0.05) is 16.1 Å². The molecule has 4 bridgehead atoms. The molecule has 3 aromatic rings. The predicted molar refractivity (Wildman–Crippen MR) is 163 cm³/mol. The van der Waals surface area contributed by atoms with Gasteiger partial charge in [-0.2, -0.15) is 0 Å². The van der Waals surface area contributed by atoms with Gasteiger partial charge in [0.1, 0.15) is 5.00 Å². The van der Waals surface area contributed by atoms with Crippen molar-refractivity contribution in [1.29, 1.82) is 0 Å². The van der Waals surface area contributed by atoms with Crippen LogP contribution in [0.5, 0.6) is 0 Å². The van der Waals surface area contributed by atoms with Crippen molar-refractivity contribution < 1.29 is 17.9 Å². The molecule has 7 rings (SSSR count). The zero-order valence-electron chi connectivity index (χ0n) is 22.3. The molecule has 0 aliphatic heterocycles. The Kier molecular flexibility index (Phi) is 7.45. The number of esters is 1. The van der Waals surface area contributed by atoms with Crippen LogP contribution >= 0.6 is 23.6 Å². The lowest BCUT2D eigenvalue weighted by molar-refractivity contribution is -0.00810. The van der Waals surface area contributed by atoms with Crippen LogP contribution in [0.3, 0.4) is 0 Å². The van der Waals surface area contributed by atoms with Crippen molar-refractivity contribution >= 4 is 55.3 Å². The highest BCUT2D eigenvalue weighted by Gasteiger charge is 2.52. The molecule has 10 heteroatoms. The molecule has 2 aromatic carbocycles. The Balaban J connectivity index is 1.13. The second-order valence-electron chi connectivity index (χ2n) is 11.3. The maximum absolute atomic E-state index is 13.4. The maximum atomic E-state index is 13.4. The standard InChI is InChI=1S/C30H33N3O4S3/c1-2-37-28(34)25-15-26(22-6-4-3-5-7-22)39-27(25)32-29(38)31-23-8-10-24(11-9-23)40(35,36)33-30-16-19-12-20(17-30)14-21(13-19)18-30/h3-11,15,19-21,33H,2,12-14,16-18H2,1H3,(H2,31,32,38). The summed E-state index contributed by atoms with van der Waals surface area (Å²) in [5, 5.41) is 7.09. The highest BCUT2D eigenvalue weighted by molar-refractivity contribution is 7.89. The Labute approximate surface area is 244 Å². The van der Waals surface area contributed by atoms with Crippen molar-refractivity contribution in [2.45, 2.75) is 55.9 Å². The van der Waals surface area contributed by atoms with Crippen LogP contribution in [0.1, 0.15) is 55.8 Å². The van der Waals surface area contributed by atoms with Gasteiger partial charge in [-0.05, 0) is 111 Å². The van der Waals surface area contributed by atoms with E-state index in [4.69, 9.17) is 17.0 Å². The van der Waals surface area contributed by atoms with E-state index in [1.807, 2.05) is 30.3 Å². The molecular weight excluding hydrogens is 563 g/mol. The first kappa shape index (κ1) is 27.4. The van der Waals surface area contributed by atoms with Crippen LogP contribution < -0.4 is 15.4 Å². The van der Waals surface area contributed by atoms with Crippen LogP contribution in [0.15, 0.2) is 65.6 Å². The zero-order valence-corrected chi connectivity index (χ0v) is 24.8. The minimum Gasteiger partial charge on any atom is -0.462 e. The van der Waals surface area contributed by atoms with E-state index < -0.39 is 16.0 Å². The number of hydrogen-bond acceptors (Lipinski definition) is 6. The first-order valence-electron chi connectivity index (χ1n) is 13.8. The number of hydrogen-bond donors (Lipinski definition) is 3. The second kappa shape index (κ2) is 10.9. The van der Waals surface area contributed by atoms with E-state index in [0.29, 0.717) is 34.0 Å². The summed E-state index contributed by atoms with van der Waals surface area (Å²) in [4.78, 5) is 13.8. The van der Waals surface area contributed by atoms with Crippen LogP contribution in [0.25, 0.3) is 10.4 Å². The monoisotopic (exact) mass is 595 g/mol. The summed E-state index contributed by atoms with van der Waals surface area (Å²) in [6.45, 7) is 2.04. The van der Waals surface area contributed by atoms with E-state index >= 15 is 0 Å². The van der Waals surface area contributed by atoms with E-state index in [1.54, 1.807) is 37.3 Å². The number of nitrogens with one attached hydrogen (secondary N) is 3. The van der Waals surface area contributed by atoms with Crippen molar-refractivity contribution in [2.75, 3.05) is 17.2 Å². The summed E-state index contributed by atoms with van der Waals surface area (Å²) in [5.41, 5.74) is 1.76. The smallest absolute Gasteiger partial charge is 0.341 e. The molecule has 1 heterocycles. The van der Waals surface area contributed by atoms with Gasteiger partial charge in [-0.3, -0.25) is 0 Å². The second-order valence-corrected chi connectivity index (χ2v) is 14.5. The molecule has 1 aromatic heterocycles. The number of rotatable bonds is 8. The lowest BCUT2D eigenvalue weighted by atomic mass is 9.53. The molecule has 4 aliphatic rings. The molecule has 7 nitrogen and oxygen atoms in total. The molecule has 4 saturated carbocycles. The van der Waals surface area contributed by atoms with Gasteiger partial charge in [0.15, 0.2) is 5.11 Å². The van der Waals surface area contributed by atoms with Gasteiger partial charge in [0.25, 0.3) is 0 Å². The molecule has 0 amide bonds. The average molecular weight is 596 g/mol. The predicted octanol–water partition coefficient (Wildman–Crippen LogP) is 6.65. The minimum absolute atomic E-state index is 0.253. The van der Waals surface area contributed by atoms with Gasteiger partial charge in [-0.15, -0.1) is 11.3 Å². The number of thiophene rings is 1. The highest BCUT2D eigenvalue weighted by atomic mass is 32.2. The molecule has 3 N–H and O–H groups in total. The molecule has 0 saturated heterocycles. The van der Waals surface area contributed by atoms with Gasteiger partial charge in [-0.25, -0.2) is 17.9 Å². The summed E-state index contributed by atoms with van der Waals surface area (Å²) in [5.74, 6) is 1.55. The summed E-state index contributed by atoms with van der Waals surface area (Å²) < 4.78 is 35.1. The van der Waals surface area contributed by atoms with E-state index in [2.05, 4.69) is 15.4 Å². The minimum atomic E-state index is -3.64. The molecule has 4 aliphatic carbocycles. The third kappa shape index (κ3) is 5.68. The molecule has 40 heavy (non-hydrogen) atoms. The molecule has 0 radical (unpaired) electrons. The summed E-state index contributed by atoms with van der Waals surface area (Å²) >= 11 is 6.94. The fraction of sp³-hybridized carbons (Fsp3) is 0.400. The number of sulfonamides is 1. The number of anilines is 2. The fourth-order valence-corrected chi connectivity index (χ4v) is 9.92. The summed E-state index contributed by atoms with van der Waals surface area (Å²) in [7, 11) is -3.64. The Morgan fingerprint density at radius 3 is 2.20 bits per heavy atom. The van der Waals surface area contributed by atoms with Gasteiger partial charge in [0.05, 0.1) is 17.1 Å². The highest BCUT2D eigenvalue weighted by Crippen LogP contribution is 2.56. The van der Waals surface area contributed by atoms with Crippen LogP contribution in [-0.2, 0) is 14.8 Å². The maximum Gasteiger partial charge on any atom is 0.341 e. The molecular formula is C30H33N3O4S3. The number of carbonyl (C=O) groups is 1. The van der Waals surface area contributed by atoms with Crippen LogP contribution in [0, 0.1) is 17.8 Å². The van der Waals surface area contributed by atoms with E-state index in [0.717, 1.165) is 29.7 Å². The third-order valence-corrected chi connectivity index (χ3v) is 11.2. The number of benzene rings is 2. The SMILES string of the molecule is CCOC(=O)c1cc(-c2ccccc2)sc1NC(=S)Nc1ccc(S(=O)(=O)NC23CC4CC(CC(C4)C2)C3)cc1. The lowest BCUT2D eigenvalue weighted by Gasteiger charge is -2.56. The van der Waals surface area contributed by atoms with Crippen molar-refractivity contribution in [3.05, 3.63) is 66.2 Å². The number of ether oxygens (including phenoxy) is 1. The van der Waals surface area contributed by atoms with Crippen LogP contribution in [0.2, 0.25) is 0 Å². The summed E-state index contributed by atoms with van der Waals surface area (Å²) in [6, 6.07) is 18.2.